The average molecular weight is 392 g/mol. The Labute approximate surface area is 165 Å². The highest BCUT2D eigenvalue weighted by Gasteiger charge is 2.46. The van der Waals surface area contributed by atoms with Gasteiger partial charge in [0.05, 0.1) is 6.54 Å². The summed E-state index contributed by atoms with van der Waals surface area (Å²) in [5.41, 5.74) is 3.25. The Bertz CT molecular complexity index is 1150. The molecule has 29 heavy (non-hydrogen) atoms. The van der Waals surface area contributed by atoms with E-state index in [9.17, 15) is 13.6 Å². The molecule has 1 amide bonds. The van der Waals surface area contributed by atoms with Crippen molar-refractivity contribution in [3.63, 3.8) is 0 Å². The van der Waals surface area contributed by atoms with E-state index < -0.39 is 12.0 Å². The van der Waals surface area contributed by atoms with Crippen molar-refractivity contribution in [2.24, 2.45) is 4.99 Å². The molecule has 1 aliphatic heterocycles. The number of amides is 1. The highest BCUT2D eigenvalue weighted by molar-refractivity contribution is 6.11. The number of pyridine rings is 1. The van der Waals surface area contributed by atoms with Crippen LogP contribution in [0, 0.1) is 0 Å². The fourth-order valence-corrected chi connectivity index (χ4v) is 3.84. The van der Waals surface area contributed by atoms with E-state index in [1.54, 1.807) is 18.3 Å². The summed E-state index contributed by atoms with van der Waals surface area (Å²) >= 11 is 0. The van der Waals surface area contributed by atoms with Crippen LogP contribution in [0.25, 0.3) is 10.8 Å². The third-order valence-electron chi connectivity index (χ3n) is 5.34. The Balaban J connectivity index is 1.37. The fourth-order valence-electron chi connectivity index (χ4n) is 3.84. The number of nitrogens with one attached hydrogen (secondary N) is 2. The Morgan fingerprint density at radius 3 is 2.79 bits per heavy atom. The van der Waals surface area contributed by atoms with Crippen molar-refractivity contribution in [1.82, 2.24) is 10.3 Å². The maximum Gasteiger partial charge on any atom is 0.252 e. The molecular formula is C22H18F2N4O. The first-order chi connectivity index (χ1) is 14.0. The van der Waals surface area contributed by atoms with Gasteiger partial charge in [-0.25, -0.2) is 8.78 Å². The Kier molecular flexibility index (Phi) is 4.04. The number of hydrogen-bond acceptors (Lipinski definition) is 4. The van der Waals surface area contributed by atoms with E-state index in [4.69, 9.17) is 0 Å². The second-order valence-corrected chi connectivity index (χ2v) is 7.48. The number of fused-ring (bicyclic) bond motifs is 2. The second-order valence-electron chi connectivity index (χ2n) is 7.48. The quantitative estimate of drug-likeness (QED) is 0.704. The molecule has 0 atom stereocenters. The van der Waals surface area contributed by atoms with Gasteiger partial charge in [-0.2, -0.15) is 0 Å². The third-order valence-corrected chi connectivity index (χ3v) is 5.34. The van der Waals surface area contributed by atoms with Gasteiger partial charge in [-0.15, -0.1) is 0 Å². The highest BCUT2D eigenvalue weighted by Crippen LogP contribution is 2.37. The number of anilines is 1. The molecule has 2 aromatic carbocycles. The minimum absolute atomic E-state index is 0.296. The minimum atomic E-state index is -2.66. The topological polar surface area (TPSA) is 66.4 Å². The lowest BCUT2D eigenvalue weighted by Gasteiger charge is -2.35. The number of hydrogen-bond donors (Lipinski definition) is 2. The SMILES string of the molecule is O=C(NC1CC(F)(F)C1)c1cccc2cc(NC3=NCc4cccnc43)ccc12. The van der Waals surface area contributed by atoms with Gasteiger partial charge in [-0.05, 0) is 35.0 Å². The van der Waals surface area contributed by atoms with E-state index in [1.807, 2.05) is 36.4 Å². The van der Waals surface area contributed by atoms with Crippen LogP contribution in [-0.4, -0.2) is 28.7 Å². The molecule has 7 heteroatoms. The van der Waals surface area contributed by atoms with Gasteiger partial charge in [-0.3, -0.25) is 14.8 Å². The van der Waals surface area contributed by atoms with Gasteiger partial charge in [0.25, 0.3) is 11.8 Å². The standard InChI is InChI=1S/C22H18F2N4O/c23-22(24)10-16(11-22)28-21(29)18-5-1-3-13-9-15(6-7-17(13)18)27-20-19-14(12-26-20)4-2-8-25-19/h1-9,16H,10-12H2,(H,26,27)(H,28,29). The third kappa shape index (κ3) is 3.33. The summed E-state index contributed by atoms with van der Waals surface area (Å²) in [6.45, 7) is 0.601. The Morgan fingerprint density at radius 1 is 1.10 bits per heavy atom. The zero-order valence-electron chi connectivity index (χ0n) is 15.5. The van der Waals surface area contributed by atoms with Crippen LogP contribution in [0.4, 0.5) is 14.5 Å². The van der Waals surface area contributed by atoms with Gasteiger partial charge in [0.1, 0.15) is 5.69 Å². The van der Waals surface area contributed by atoms with Gasteiger partial charge < -0.3 is 10.6 Å². The average Bonchev–Trinajstić information content (AvgIpc) is 3.09. The molecule has 2 heterocycles. The van der Waals surface area contributed by atoms with Crippen molar-refractivity contribution in [3.05, 3.63) is 71.5 Å². The van der Waals surface area contributed by atoms with Crippen LogP contribution < -0.4 is 10.6 Å². The summed E-state index contributed by atoms with van der Waals surface area (Å²) in [6, 6.07) is 14.5. The van der Waals surface area contributed by atoms with E-state index in [1.165, 1.54) is 0 Å². The highest BCUT2D eigenvalue weighted by atomic mass is 19.3. The fraction of sp³-hybridized carbons (Fsp3) is 0.227. The van der Waals surface area contributed by atoms with Gasteiger partial charge in [0.2, 0.25) is 0 Å². The van der Waals surface area contributed by atoms with Crippen LogP contribution >= 0.6 is 0 Å². The number of alkyl halides is 2. The van der Waals surface area contributed by atoms with E-state index >= 15 is 0 Å². The summed E-state index contributed by atoms with van der Waals surface area (Å²) in [5.74, 6) is -2.26. The molecule has 3 aromatic rings. The zero-order chi connectivity index (χ0) is 20.0. The second kappa shape index (κ2) is 6.62. The summed E-state index contributed by atoms with van der Waals surface area (Å²) < 4.78 is 26.1. The molecule has 0 saturated heterocycles. The molecule has 1 fully saturated rings. The lowest BCUT2D eigenvalue weighted by atomic mass is 9.88. The predicted octanol–water partition coefficient (Wildman–Crippen LogP) is 4.13. The van der Waals surface area contributed by atoms with E-state index in [0.29, 0.717) is 12.1 Å². The molecular weight excluding hydrogens is 374 g/mol. The number of aliphatic imine (C=N–C) groups is 1. The number of aromatic nitrogens is 1. The summed E-state index contributed by atoms with van der Waals surface area (Å²) in [5, 5.41) is 7.65. The molecule has 0 radical (unpaired) electrons. The molecule has 2 N–H and O–H groups in total. The van der Waals surface area contributed by atoms with Crippen LogP contribution in [0.5, 0.6) is 0 Å². The lowest BCUT2D eigenvalue weighted by Crippen LogP contribution is -2.50. The predicted molar refractivity (Wildman–Crippen MR) is 107 cm³/mol. The maximum atomic E-state index is 13.0. The molecule has 0 unspecified atom stereocenters. The van der Waals surface area contributed by atoms with E-state index in [0.717, 1.165) is 33.6 Å². The number of carbonyl (C=O) groups is 1. The molecule has 0 bridgehead atoms. The Morgan fingerprint density at radius 2 is 1.97 bits per heavy atom. The summed E-state index contributed by atoms with van der Waals surface area (Å²) in [7, 11) is 0. The number of nitrogens with zero attached hydrogens (tertiary/aromatic N) is 2. The van der Waals surface area contributed by atoms with Crippen molar-refractivity contribution < 1.29 is 13.6 Å². The summed E-state index contributed by atoms with van der Waals surface area (Å²) in [4.78, 5) is 21.5. The van der Waals surface area contributed by atoms with E-state index in [-0.39, 0.29) is 18.7 Å². The van der Waals surface area contributed by atoms with Crippen LogP contribution in [0.15, 0.2) is 59.7 Å². The van der Waals surface area contributed by atoms with Gasteiger partial charge >= 0.3 is 0 Å². The molecule has 5 rings (SSSR count). The lowest BCUT2D eigenvalue weighted by molar-refractivity contribution is -0.0901. The van der Waals surface area contributed by atoms with Gasteiger partial charge in [0, 0.05) is 41.9 Å². The van der Waals surface area contributed by atoms with Crippen LogP contribution in [-0.2, 0) is 6.54 Å². The molecule has 1 aliphatic carbocycles. The minimum Gasteiger partial charge on any atom is -0.349 e. The molecule has 5 nitrogen and oxygen atoms in total. The van der Waals surface area contributed by atoms with Crippen LogP contribution in [0.2, 0.25) is 0 Å². The normalized spacial score (nSPS) is 17.4. The number of carbonyl (C=O) groups excluding carboxylic acids is 1. The number of benzene rings is 2. The van der Waals surface area contributed by atoms with Crippen LogP contribution in [0.1, 0.15) is 34.5 Å². The van der Waals surface area contributed by atoms with Gasteiger partial charge in [-0.1, -0.05) is 24.3 Å². The Hall–Kier alpha value is -3.35. The largest absolute Gasteiger partial charge is 0.349 e. The molecule has 2 aliphatic rings. The number of amidine groups is 1. The first-order valence-corrected chi connectivity index (χ1v) is 9.46. The molecule has 1 saturated carbocycles. The number of halogens is 2. The zero-order valence-corrected chi connectivity index (χ0v) is 15.5. The maximum absolute atomic E-state index is 13.0. The smallest absolute Gasteiger partial charge is 0.252 e. The van der Waals surface area contributed by atoms with Crippen molar-refractivity contribution in [2.75, 3.05) is 5.32 Å². The van der Waals surface area contributed by atoms with Crippen molar-refractivity contribution in [2.45, 2.75) is 31.4 Å². The van der Waals surface area contributed by atoms with E-state index in [2.05, 4.69) is 20.6 Å². The monoisotopic (exact) mass is 392 g/mol. The first-order valence-electron chi connectivity index (χ1n) is 9.46. The molecule has 146 valence electrons. The van der Waals surface area contributed by atoms with Crippen molar-refractivity contribution in [1.29, 1.82) is 0 Å². The van der Waals surface area contributed by atoms with Gasteiger partial charge in [0.15, 0.2) is 5.84 Å². The summed E-state index contributed by atoms with van der Waals surface area (Å²) in [6.07, 6.45) is 1.15. The van der Waals surface area contributed by atoms with Crippen molar-refractivity contribution >= 4 is 28.2 Å². The first kappa shape index (κ1) is 17.7. The molecule has 1 aromatic heterocycles. The van der Waals surface area contributed by atoms with Crippen molar-refractivity contribution in [3.8, 4) is 0 Å². The van der Waals surface area contributed by atoms with Crippen LogP contribution in [0.3, 0.4) is 0 Å². The number of rotatable bonds is 3. The molecule has 0 spiro atoms.